The van der Waals surface area contributed by atoms with Crippen molar-refractivity contribution in [2.75, 3.05) is 0 Å². The lowest BCUT2D eigenvalue weighted by Gasteiger charge is -2.11. The van der Waals surface area contributed by atoms with Crippen molar-refractivity contribution in [3.63, 3.8) is 0 Å². The summed E-state index contributed by atoms with van der Waals surface area (Å²) in [6, 6.07) is 7.45. The van der Waals surface area contributed by atoms with Crippen molar-refractivity contribution in [1.29, 1.82) is 0 Å². The van der Waals surface area contributed by atoms with Gasteiger partial charge in [0.05, 0.1) is 0 Å². The van der Waals surface area contributed by atoms with Gasteiger partial charge in [-0.15, -0.1) is 0 Å². The largest absolute Gasteiger partial charge is 0.436 e. The first-order chi connectivity index (χ1) is 9.72. The van der Waals surface area contributed by atoms with Gasteiger partial charge >= 0.3 is 0 Å². The van der Waals surface area contributed by atoms with Gasteiger partial charge in [-0.3, -0.25) is 0 Å². The maximum absolute atomic E-state index is 13.6. The Morgan fingerprint density at radius 3 is 2.85 bits per heavy atom. The Balaban J connectivity index is 1.78. The molecule has 0 saturated heterocycles. The van der Waals surface area contributed by atoms with Crippen molar-refractivity contribution in [2.24, 2.45) is 0 Å². The van der Waals surface area contributed by atoms with Crippen LogP contribution in [0.2, 0.25) is 0 Å². The van der Waals surface area contributed by atoms with E-state index in [4.69, 9.17) is 4.74 Å². The highest BCUT2D eigenvalue weighted by molar-refractivity contribution is 5.33. The fraction of sp³-hybridized carbons (Fsp3) is 0.267. The second-order valence-electron chi connectivity index (χ2n) is 4.80. The topological polar surface area (TPSA) is 34.1 Å². The van der Waals surface area contributed by atoms with Crippen LogP contribution in [-0.2, 0) is 6.54 Å². The summed E-state index contributed by atoms with van der Waals surface area (Å²) < 4.78 is 31.9. The molecule has 1 aromatic carbocycles. The molecule has 0 unspecified atom stereocenters. The van der Waals surface area contributed by atoms with E-state index in [0.717, 1.165) is 17.7 Å². The van der Waals surface area contributed by atoms with Crippen molar-refractivity contribution < 1.29 is 13.5 Å². The molecule has 0 atom stereocenters. The van der Waals surface area contributed by atoms with Gasteiger partial charge in [-0.25, -0.2) is 13.8 Å². The lowest BCUT2D eigenvalue weighted by atomic mass is 10.2. The second kappa shape index (κ2) is 5.54. The number of aromatic nitrogens is 1. The van der Waals surface area contributed by atoms with E-state index in [0.29, 0.717) is 18.5 Å². The van der Waals surface area contributed by atoms with Crippen LogP contribution in [0.3, 0.4) is 0 Å². The van der Waals surface area contributed by atoms with E-state index in [1.807, 2.05) is 6.07 Å². The molecule has 20 heavy (non-hydrogen) atoms. The summed E-state index contributed by atoms with van der Waals surface area (Å²) in [6.07, 6.45) is 3.95. The van der Waals surface area contributed by atoms with Crippen molar-refractivity contribution in [3.8, 4) is 11.6 Å². The van der Waals surface area contributed by atoms with Crippen LogP contribution >= 0.6 is 0 Å². The number of hydrogen-bond acceptors (Lipinski definition) is 3. The maximum Gasteiger partial charge on any atom is 0.223 e. The molecular weight excluding hydrogens is 262 g/mol. The van der Waals surface area contributed by atoms with E-state index in [2.05, 4.69) is 10.3 Å². The van der Waals surface area contributed by atoms with E-state index >= 15 is 0 Å². The Bertz CT molecular complexity index is 615. The van der Waals surface area contributed by atoms with Gasteiger partial charge in [0.25, 0.3) is 0 Å². The lowest BCUT2D eigenvalue weighted by Crippen LogP contribution is -2.16. The molecule has 5 heteroatoms. The Kier molecular flexibility index (Phi) is 3.60. The molecule has 1 aromatic heterocycles. The Morgan fingerprint density at radius 2 is 2.10 bits per heavy atom. The molecule has 3 rings (SSSR count). The van der Waals surface area contributed by atoms with E-state index in [-0.39, 0.29) is 5.75 Å². The molecule has 2 aromatic rings. The van der Waals surface area contributed by atoms with Crippen LogP contribution < -0.4 is 10.1 Å². The summed E-state index contributed by atoms with van der Waals surface area (Å²) in [6.45, 7) is 0.622. The molecule has 1 saturated carbocycles. The smallest absolute Gasteiger partial charge is 0.223 e. The normalized spacial score (nSPS) is 14.3. The minimum atomic E-state index is -0.739. The quantitative estimate of drug-likeness (QED) is 0.908. The number of pyridine rings is 1. The van der Waals surface area contributed by atoms with E-state index < -0.39 is 11.6 Å². The minimum absolute atomic E-state index is 0.0298. The number of nitrogens with one attached hydrogen (secondary N) is 1. The Morgan fingerprint density at radius 1 is 1.25 bits per heavy atom. The summed E-state index contributed by atoms with van der Waals surface area (Å²) in [5.41, 5.74) is 0.850. The van der Waals surface area contributed by atoms with Gasteiger partial charge in [-0.05, 0) is 31.0 Å². The zero-order valence-corrected chi connectivity index (χ0v) is 10.8. The van der Waals surface area contributed by atoms with Gasteiger partial charge in [0.1, 0.15) is 5.82 Å². The third kappa shape index (κ3) is 3.11. The number of nitrogens with zero attached hydrogens (tertiary/aromatic N) is 1. The van der Waals surface area contributed by atoms with Crippen LogP contribution in [0.1, 0.15) is 18.4 Å². The third-order valence-electron chi connectivity index (χ3n) is 3.11. The summed E-state index contributed by atoms with van der Waals surface area (Å²) in [7, 11) is 0. The monoisotopic (exact) mass is 276 g/mol. The highest BCUT2D eigenvalue weighted by Gasteiger charge is 2.21. The summed E-state index contributed by atoms with van der Waals surface area (Å²) >= 11 is 0. The fourth-order valence-corrected chi connectivity index (χ4v) is 1.85. The van der Waals surface area contributed by atoms with Gasteiger partial charge in [0, 0.05) is 30.4 Å². The predicted octanol–water partition coefficient (Wildman–Crippen LogP) is 3.40. The highest BCUT2D eigenvalue weighted by Crippen LogP contribution is 2.27. The number of benzene rings is 1. The molecule has 104 valence electrons. The first-order valence-corrected chi connectivity index (χ1v) is 6.52. The molecular formula is C15H14F2N2O. The Labute approximate surface area is 115 Å². The number of ether oxygens (including phenoxy) is 1. The van der Waals surface area contributed by atoms with Gasteiger partial charge < -0.3 is 10.1 Å². The zero-order chi connectivity index (χ0) is 13.9. The molecule has 3 nitrogen and oxygen atoms in total. The van der Waals surface area contributed by atoms with Crippen LogP contribution in [-0.4, -0.2) is 11.0 Å². The molecule has 1 heterocycles. The molecule has 0 radical (unpaired) electrons. The van der Waals surface area contributed by atoms with Crippen LogP contribution in [0.4, 0.5) is 8.78 Å². The molecule has 0 aliphatic heterocycles. The van der Waals surface area contributed by atoms with Crippen LogP contribution in [0, 0.1) is 11.6 Å². The molecule has 1 N–H and O–H groups in total. The summed E-state index contributed by atoms with van der Waals surface area (Å²) in [4.78, 5) is 4.11. The Hall–Kier alpha value is -2.01. The first kappa shape index (κ1) is 13.0. The number of hydrogen-bond donors (Lipinski definition) is 1. The number of halogens is 2. The van der Waals surface area contributed by atoms with E-state index in [9.17, 15) is 8.78 Å². The van der Waals surface area contributed by atoms with Crippen molar-refractivity contribution in [1.82, 2.24) is 10.3 Å². The van der Waals surface area contributed by atoms with E-state index in [1.165, 1.54) is 18.9 Å². The average molecular weight is 276 g/mol. The van der Waals surface area contributed by atoms with Crippen LogP contribution in [0.15, 0.2) is 36.5 Å². The summed E-state index contributed by atoms with van der Waals surface area (Å²) in [5, 5.41) is 3.35. The molecule has 1 aliphatic rings. The average Bonchev–Trinajstić information content (AvgIpc) is 3.25. The molecule has 0 bridgehead atoms. The van der Waals surface area contributed by atoms with Crippen LogP contribution in [0.5, 0.6) is 11.6 Å². The highest BCUT2D eigenvalue weighted by atomic mass is 19.1. The van der Waals surface area contributed by atoms with Crippen molar-refractivity contribution in [2.45, 2.75) is 25.4 Å². The lowest BCUT2D eigenvalue weighted by molar-refractivity contribution is 0.417. The fourth-order valence-electron chi connectivity index (χ4n) is 1.85. The summed E-state index contributed by atoms with van der Waals surface area (Å²) in [5.74, 6) is -1.06. The molecule has 1 fully saturated rings. The molecule has 0 spiro atoms. The SMILES string of the molecule is Fc1ccc(Oc2ncccc2CNC2CC2)c(F)c1. The zero-order valence-electron chi connectivity index (χ0n) is 10.8. The van der Waals surface area contributed by atoms with E-state index in [1.54, 1.807) is 12.3 Å². The number of rotatable bonds is 5. The van der Waals surface area contributed by atoms with Crippen LogP contribution in [0.25, 0.3) is 0 Å². The first-order valence-electron chi connectivity index (χ1n) is 6.52. The van der Waals surface area contributed by atoms with Gasteiger partial charge in [0.2, 0.25) is 5.88 Å². The van der Waals surface area contributed by atoms with Gasteiger partial charge in [0.15, 0.2) is 11.6 Å². The maximum atomic E-state index is 13.6. The van der Waals surface area contributed by atoms with Crippen molar-refractivity contribution in [3.05, 3.63) is 53.7 Å². The standard InChI is InChI=1S/C15H14F2N2O/c16-11-3-6-14(13(17)8-11)20-15-10(2-1-7-18-15)9-19-12-4-5-12/h1-3,6-8,12,19H,4-5,9H2. The molecule has 1 aliphatic carbocycles. The predicted molar refractivity (Wildman–Crippen MR) is 70.5 cm³/mol. The van der Waals surface area contributed by atoms with Gasteiger partial charge in [-0.1, -0.05) is 6.07 Å². The van der Waals surface area contributed by atoms with Gasteiger partial charge in [-0.2, -0.15) is 0 Å². The third-order valence-corrected chi connectivity index (χ3v) is 3.11. The second-order valence-corrected chi connectivity index (χ2v) is 4.80. The van der Waals surface area contributed by atoms with Crippen molar-refractivity contribution >= 4 is 0 Å². The molecule has 0 amide bonds. The minimum Gasteiger partial charge on any atom is -0.436 e.